The summed E-state index contributed by atoms with van der Waals surface area (Å²) < 4.78 is 5.93. The fraction of sp³-hybridized carbons (Fsp3) is 0.318. The molecule has 0 aliphatic carbocycles. The number of aliphatic hydroxyl groups is 1. The SMILES string of the molecule is C[Si](C)(C)CCOC[N+]1(Cl)C(CO)=NC2=C1c1ccccc1Sc1ccccc12. The minimum absolute atomic E-state index is 0.135. The molecule has 2 aliphatic heterocycles. The van der Waals surface area contributed by atoms with Crippen LogP contribution in [0.4, 0.5) is 0 Å². The number of fused-ring (bicyclic) bond motifs is 4. The number of aliphatic imine (C=N–C) groups is 1. The van der Waals surface area contributed by atoms with Crippen molar-refractivity contribution in [3.63, 3.8) is 0 Å². The van der Waals surface area contributed by atoms with Gasteiger partial charge in [-0.3, -0.25) is 0 Å². The van der Waals surface area contributed by atoms with E-state index in [4.69, 9.17) is 21.5 Å². The molecule has 0 aromatic heterocycles. The molecule has 2 aliphatic rings. The molecule has 2 aromatic rings. The molecule has 4 nitrogen and oxygen atoms in total. The summed E-state index contributed by atoms with van der Waals surface area (Å²) in [6.07, 6.45) is 0. The van der Waals surface area contributed by atoms with Gasteiger partial charge in [-0.2, -0.15) is 4.99 Å². The molecule has 1 N–H and O–H groups in total. The number of nitrogens with zero attached hydrogens (tertiary/aromatic N) is 2. The Balaban J connectivity index is 1.79. The second-order valence-electron chi connectivity index (χ2n) is 8.54. The van der Waals surface area contributed by atoms with Crippen molar-refractivity contribution >= 4 is 48.8 Å². The van der Waals surface area contributed by atoms with Crippen LogP contribution < -0.4 is 0 Å². The highest BCUT2D eigenvalue weighted by Crippen LogP contribution is 2.51. The molecule has 0 bridgehead atoms. The normalized spacial score (nSPS) is 20.7. The van der Waals surface area contributed by atoms with E-state index < -0.39 is 8.07 Å². The smallest absolute Gasteiger partial charge is 0.255 e. The summed E-state index contributed by atoms with van der Waals surface area (Å²) in [5.74, 6) is 0.501. The summed E-state index contributed by atoms with van der Waals surface area (Å²) in [6.45, 7) is 7.67. The van der Waals surface area contributed by atoms with Gasteiger partial charge in [0, 0.05) is 23.4 Å². The van der Waals surface area contributed by atoms with Gasteiger partial charge in [0.2, 0.25) is 6.73 Å². The fourth-order valence-electron chi connectivity index (χ4n) is 3.54. The number of benzene rings is 2. The van der Waals surface area contributed by atoms with Crippen molar-refractivity contribution < 1.29 is 13.8 Å². The van der Waals surface area contributed by atoms with Crippen LogP contribution in [0.2, 0.25) is 25.7 Å². The lowest BCUT2D eigenvalue weighted by molar-refractivity contribution is -0.668. The highest BCUT2D eigenvalue weighted by Gasteiger charge is 2.49. The van der Waals surface area contributed by atoms with E-state index in [1.807, 2.05) is 24.3 Å². The van der Waals surface area contributed by atoms with Crippen molar-refractivity contribution in [1.82, 2.24) is 0 Å². The highest BCUT2D eigenvalue weighted by molar-refractivity contribution is 7.99. The maximum absolute atomic E-state index is 10.1. The van der Waals surface area contributed by atoms with E-state index >= 15 is 0 Å². The number of hydrogen-bond donors (Lipinski definition) is 1. The third-order valence-corrected chi connectivity index (χ3v) is 8.46. The minimum Gasteiger partial charge on any atom is -0.384 e. The maximum Gasteiger partial charge on any atom is 0.255 e. The van der Waals surface area contributed by atoms with Crippen LogP contribution in [0.25, 0.3) is 11.4 Å². The van der Waals surface area contributed by atoms with Gasteiger partial charge in [0.1, 0.15) is 12.3 Å². The Kier molecular flexibility index (Phi) is 5.76. The molecule has 0 fully saturated rings. The Labute approximate surface area is 182 Å². The van der Waals surface area contributed by atoms with E-state index in [-0.39, 0.29) is 17.3 Å². The number of amidine groups is 1. The molecule has 2 aromatic carbocycles. The standard InChI is InChI=1S/C22H26ClN2O2SSi/c1-29(2,3)13-12-27-15-25(23)20(14-26)24-21-16-8-4-6-10-18(16)28-19-11-7-5-9-17(19)22(21)25/h4-11,26H,12-15H2,1-3H3/q+1. The van der Waals surface area contributed by atoms with Crippen molar-refractivity contribution in [1.29, 1.82) is 0 Å². The van der Waals surface area contributed by atoms with Gasteiger partial charge in [-0.15, -0.1) is 4.00 Å². The van der Waals surface area contributed by atoms with E-state index in [0.29, 0.717) is 12.4 Å². The molecule has 1 unspecified atom stereocenters. The van der Waals surface area contributed by atoms with Crippen molar-refractivity contribution in [2.75, 3.05) is 19.9 Å². The molecular formula is C22H26ClN2O2SSi+. The summed E-state index contributed by atoms with van der Waals surface area (Å²) in [5, 5.41) is 10.1. The number of halogens is 1. The summed E-state index contributed by atoms with van der Waals surface area (Å²) in [7, 11) is -1.20. The minimum atomic E-state index is -1.20. The van der Waals surface area contributed by atoms with Crippen LogP contribution in [0, 0.1) is 0 Å². The molecule has 29 heavy (non-hydrogen) atoms. The van der Waals surface area contributed by atoms with E-state index in [1.165, 1.54) is 0 Å². The fourth-order valence-corrected chi connectivity index (χ4v) is 5.71. The molecule has 7 heteroatoms. The lowest BCUT2D eigenvalue weighted by Crippen LogP contribution is -2.44. The first kappa shape index (κ1) is 20.8. The summed E-state index contributed by atoms with van der Waals surface area (Å²) in [6, 6.07) is 17.5. The zero-order chi connectivity index (χ0) is 20.6. The van der Waals surface area contributed by atoms with Crippen LogP contribution in [-0.4, -0.2) is 43.0 Å². The first-order chi connectivity index (χ1) is 13.8. The first-order valence-corrected chi connectivity index (χ1v) is 14.7. The van der Waals surface area contributed by atoms with E-state index in [1.54, 1.807) is 11.8 Å². The first-order valence-electron chi connectivity index (χ1n) is 9.79. The summed E-state index contributed by atoms with van der Waals surface area (Å²) >= 11 is 8.92. The van der Waals surface area contributed by atoms with Crippen LogP contribution in [0.5, 0.6) is 0 Å². The van der Waals surface area contributed by atoms with Gasteiger partial charge < -0.3 is 9.84 Å². The number of rotatable bonds is 6. The highest BCUT2D eigenvalue weighted by atomic mass is 35.5. The van der Waals surface area contributed by atoms with Crippen LogP contribution in [0.1, 0.15) is 11.1 Å². The Morgan fingerprint density at radius 2 is 1.66 bits per heavy atom. The maximum atomic E-state index is 10.1. The molecule has 2 heterocycles. The molecule has 0 radical (unpaired) electrons. The van der Waals surface area contributed by atoms with E-state index in [9.17, 15) is 5.11 Å². The van der Waals surface area contributed by atoms with Crippen molar-refractivity contribution in [3.8, 4) is 0 Å². The largest absolute Gasteiger partial charge is 0.384 e. The van der Waals surface area contributed by atoms with Crippen molar-refractivity contribution in [3.05, 3.63) is 59.7 Å². The lowest BCUT2D eigenvalue weighted by Gasteiger charge is -2.27. The van der Waals surface area contributed by atoms with E-state index in [2.05, 4.69) is 43.9 Å². The molecule has 0 spiro atoms. The molecule has 0 saturated carbocycles. The predicted molar refractivity (Wildman–Crippen MR) is 123 cm³/mol. The van der Waals surface area contributed by atoms with Crippen LogP contribution in [-0.2, 0) is 4.74 Å². The van der Waals surface area contributed by atoms with Gasteiger partial charge in [-0.1, -0.05) is 61.7 Å². The third kappa shape index (κ3) is 3.98. The molecule has 4 rings (SSSR count). The van der Waals surface area contributed by atoms with Crippen molar-refractivity contribution in [2.24, 2.45) is 4.99 Å². The zero-order valence-electron chi connectivity index (χ0n) is 17.0. The van der Waals surface area contributed by atoms with Crippen LogP contribution in [0.15, 0.2) is 63.3 Å². The molecular weight excluding hydrogens is 420 g/mol. The zero-order valence-corrected chi connectivity index (χ0v) is 19.6. The monoisotopic (exact) mass is 445 g/mol. The van der Waals surface area contributed by atoms with E-state index in [0.717, 1.165) is 38.4 Å². The number of quaternary nitrogens is 1. The van der Waals surface area contributed by atoms with Gasteiger partial charge in [-0.25, -0.2) is 0 Å². The predicted octanol–water partition coefficient (Wildman–Crippen LogP) is 5.66. The second kappa shape index (κ2) is 8.02. The molecule has 0 amide bonds. The van der Waals surface area contributed by atoms with Gasteiger partial charge in [0.15, 0.2) is 17.5 Å². The number of hydrogen-bond acceptors (Lipinski definition) is 4. The lowest BCUT2D eigenvalue weighted by atomic mass is 10.1. The Bertz CT molecular complexity index is 1000. The van der Waals surface area contributed by atoms with Gasteiger partial charge in [0.25, 0.3) is 5.84 Å². The Morgan fingerprint density at radius 1 is 1.03 bits per heavy atom. The number of aliphatic hydroxyl groups excluding tert-OH is 1. The Hall–Kier alpha value is -1.41. The summed E-state index contributed by atoms with van der Waals surface area (Å²) in [5.41, 5.74) is 3.79. The van der Waals surface area contributed by atoms with Crippen molar-refractivity contribution in [2.45, 2.75) is 35.5 Å². The average Bonchev–Trinajstić information content (AvgIpc) is 2.89. The topological polar surface area (TPSA) is 41.8 Å². The van der Waals surface area contributed by atoms with Crippen LogP contribution in [0.3, 0.4) is 0 Å². The third-order valence-electron chi connectivity index (χ3n) is 5.14. The van der Waals surface area contributed by atoms with Gasteiger partial charge >= 0.3 is 0 Å². The second-order valence-corrected chi connectivity index (χ2v) is 15.8. The molecule has 0 saturated heterocycles. The average molecular weight is 446 g/mol. The summed E-state index contributed by atoms with van der Waals surface area (Å²) in [4.78, 5) is 7.08. The molecule has 152 valence electrons. The van der Waals surface area contributed by atoms with Gasteiger partial charge in [-0.05, 0) is 24.2 Å². The molecule has 1 atom stereocenters. The quantitative estimate of drug-likeness (QED) is 0.354. The van der Waals surface area contributed by atoms with Gasteiger partial charge in [0.05, 0.1) is 12.2 Å². The Morgan fingerprint density at radius 3 is 2.31 bits per heavy atom. The van der Waals surface area contributed by atoms with Crippen LogP contribution >= 0.6 is 23.5 Å². The number of ether oxygens (including phenoxy) is 1.